The lowest BCUT2D eigenvalue weighted by Crippen LogP contribution is -2.23. The summed E-state index contributed by atoms with van der Waals surface area (Å²) in [4.78, 5) is 0. The number of hydrogen-bond acceptors (Lipinski definition) is 2. The second-order valence-corrected chi connectivity index (χ2v) is 6.40. The van der Waals surface area contributed by atoms with Crippen LogP contribution in [0.5, 0.6) is 0 Å². The molecule has 0 aliphatic carbocycles. The van der Waals surface area contributed by atoms with Crippen LogP contribution in [-0.4, -0.2) is 13.7 Å². The van der Waals surface area contributed by atoms with Crippen molar-refractivity contribution < 1.29 is 8.42 Å². The van der Waals surface area contributed by atoms with E-state index in [0.29, 0.717) is 0 Å². The van der Waals surface area contributed by atoms with E-state index >= 15 is 0 Å². The average molecular weight is 241 g/mol. The van der Waals surface area contributed by atoms with Gasteiger partial charge in [-0.3, -0.25) is 4.72 Å². The second-order valence-electron chi connectivity index (χ2n) is 4.16. The van der Waals surface area contributed by atoms with Crippen molar-refractivity contribution in [1.82, 2.24) is 0 Å². The summed E-state index contributed by atoms with van der Waals surface area (Å²) in [5, 5.41) is -0.420. The molecule has 1 aromatic carbocycles. The van der Waals surface area contributed by atoms with Crippen LogP contribution in [0, 0.1) is 6.92 Å². The van der Waals surface area contributed by atoms with Crippen molar-refractivity contribution in [3.05, 3.63) is 29.3 Å². The zero-order valence-electron chi connectivity index (χ0n) is 10.2. The van der Waals surface area contributed by atoms with Gasteiger partial charge in [0.15, 0.2) is 0 Å². The number of hydrogen-bond donors (Lipinski definition) is 1. The van der Waals surface area contributed by atoms with E-state index in [1.54, 1.807) is 13.8 Å². The van der Waals surface area contributed by atoms with Crippen LogP contribution in [0.1, 0.15) is 31.9 Å². The first-order valence-electron chi connectivity index (χ1n) is 5.48. The molecule has 0 bridgehead atoms. The summed E-state index contributed by atoms with van der Waals surface area (Å²) >= 11 is 0. The monoisotopic (exact) mass is 241 g/mol. The van der Waals surface area contributed by atoms with Crippen molar-refractivity contribution in [2.24, 2.45) is 0 Å². The van der Waals surface area contributed by atoms with E-state index in [2.05, 4.69) is 4.72 Å². The van der Waals surface area contributed by atoms with Crippen LogP contribution >= 0.6 is 0 Å². The Labute approximate surface area is 97.9 Å². The minimum atomic E-state index is -3.26. The van der Waals surface area contributed by atoms with Crippen LogP contribution in [0.4, 0.5) is 5.69 Å². The molecular weight excluding hydrogens is 222 g/mol. The Hall–Kier alpha value is -1.03. The van der Waals surface area contributed by atoms with Gasteiger partial charge in [-0.05, 0) is 38.3 Å². The zero-order chi connectivity index (χ0) is 12.3. The van der Waals surface area contributed by atoms with Gasteiger partial charge in [0.05, 0.1) is 10.9 Å². The predicted molar refractivity (Wildman–Crippen MR) is 68.2 cm³/mol. The summed E-state index contributed by atoms with van der Waals surface area (Å²) in [5.74, 6) is 0. The van der Waals surface area contributed by atoms with E-state index < -0.39 is 15.3 Å². The van der Waals surface area contributed by atoms with Gasteiger partial charge in [0, 0.05) is 0 Å². The van der Waals surface area contributed by atoms with Crippen LogP contribution in [0.25, 0.3) is 0 Å². The van der Waals surface area contributed by atoms with Crippen LogP contribution in [0.15, 0.2) is 18.2 Å². The molecule has 1 rings (SSSR count). The van der Waals surface area contributed by atoms with E-state index in [4.69, 9.17) is 0 Å². The first-order valence-corrected chi connectivity index (χ1v) is 7.03. The highest BCUT2D eigenvalue weighted by Gasteiger charge is 2.17. The van der Waals surface area contributed by atoms with E-state index in [1.807, 2.05) is 32.0 Å². The highest BCUT2D eigenvalue weighted by Crippen LogP contribution is 2.23. The van der Waals surface area contributed by atoms with Gasteiger partial charge in [0.25, 0.3) is 0 Å². The summed E-state index contributed by atoms with van der Waals surface area (Å²) in [5.41, 5.74) is 2.73. The Morgan fingerprint density at radius 3 is 2.44 bits per heavy atom. The number of benzene rings is 1. The fourth-order valence-corrected chi connectivity index (χ4v) is 2.24. The van der Waals surface area contributed by atoms with Gasteiger partial charge in [0.1, 0.15) is 0 Å². The topological polar surface area (TPSA) is 46.2 Å². The molecule has 0 aliphatic heterocycles. The predicted octanol–water partition coefficient (Wildman–Crippen LogP) is 2.71. The molecule has 0 heterocycles. The molecule has 1 aromatic rings. The standard InChI is InChI=1S/C12H19NO2S/c1-5-11-8-6-7-10(4)12(11)13-16(14,15)9(2)3/h6-9,13H,5H2,1-4H3. The van der Waals surface area contributed by atoms with Gasteiger partial charge in [-0.1, -0.05) is 25.1 Å². The van der Waals surface area contributed by atoms with Crippen molar-refractivity contribution in [3.63, 3.8) is 0 Å². The molecule has 90 valence electrons. The van der Waals surface area contributed by atoms with Crippen molar-refractivity contribution in [1.29, 1.82) is 0 Å². The third-order valence-electron chi connectivity index (χ3n) is 2.60. The van der Waals surface area contributed by atoms with Crippen LogP contribution in [-0.2, 0) is 16.4 Å². The SMILES string of the molecule is CCc1cccc(C)c1NS(=O)(=O)C(C)C. The van der Waals surface area contributed by atoms with Crippen molar-refractivity contribution in [2.75, 3.05) is 4.72 Å². The Kier molecular flexibility index (Phi) is 3.97. The average Bonchev–Trinajstić information content (AvgIpc) is 2.20. The fourth-order valence-electron chi connectivity index (χ4n) is 1.43. The van der Waals surface area contributed by atoms with Crippen molar-refractivity contribution in [2.45, 2.75) is 39.4 Å². The van der Waals surface area contributed by atoms with Gasteiger partial charge in [0.2, 0.25) is 10.0 Å². The summed E-state index contributed by atoms with van der Waals surface area (Å²) in [6, 6.07) is 5.81. The molecule has 0 unspecified atom stereocenters. The number of nitrogens with one attached hydrogen (secondary N) is 1. The third-order valence-corrected chi connectivity index (χ3v) is 4.33. The molecule has 0 saturated heterocycles. The number of aryl methyl sites for hydroxylation is 2. The minimum Gasteiger partial charge on any atom is -0.283 e. The maximum atomic E-state index is 11.8. The Bertz CT molecular complexity index is 464. The smallest absolute Gasteiger partial charge is 0.235 e. The summed E-state index contributed by atoms with van der Waals surface area (Å²) < 4.78 is 26.3. The van der Waals surface area contributed by atoms with Crippen molar-refractivity contribution >= 4 is 15.7 Å². The lowest BCUT2D eigenvalue weighted by atomic mass is 10.1. The summed E-state index contributed by atoms with van der Waals surface area (Å²) in [7, 11) is -3.26. The molecule has 1 N–H and O–H groups in total. The highest BCUT2D eigenvalue weighted by molar-refractivity contribution is 7.93. The molecule has 0 radical (unpaired) electrons. The summed E-state index contributed by atoms with van der Waals surface area (Å²) in [6.45, 7) is 7.28. The molecule has 0 saturated carbocycles. The van der Waals surface area contributed by atoms with Crippen LogP contribution in [0.2, 0.25) is 0 Å². The molecular formula is C12H19NO2S. The lowest BCUT2D eigenvalue weighted by Gasteiger charge is -2.16. The molecule has 4 heteroatoms. The minimum absolute atomic E-state index is 0.420. The quantitative estimate of drug-likeness (QED) is 0.881. The maximum absolute atomic E-state index is 11.8. The van der Waals surface area contributed by atoms with Gasteiger partial charge in [-0.2, -0.15) is 0 Å². The number of para-hydroxylation sites is 1. The number of rotatable bonds is 4. The molecule has 0 amide bonds. The lowest BCUT2D eigenvalue weighted by molar-refractivity contribution is 0.592. The summed E-state index contributed by atoms with van der Waals surface area (Å²) in [6.07, 6.45) is 0.817. The number of sulfonamides is 1. The van der Waals surface area contributed by atoms with E-state index in [1.165, 1.54) is 0 Å². The molecule has 0 fully saturated rings. The number of anilines is 1. The molecule has 0 spiro atoms. The van der Waals surface area contributed by atoms with Gasteiger partial charge in [-0.15, -0.1) is 0 Å². The molecule has 0 aliphatic rings. The Morgan fingerprint density at radius 2 is 1.94 bits per heavy atom. The van der Waals surface area contributed by atoms with Crippen LogP contribution in [0.3, 0.4) is 0 Å². The second kappa shape index (κ2) is 4.87. The first kappa shape index (κ1) is 13.0. The third kappa shape index (κ3) is 2.76. The van der Waals surface area contributed by atoms with E-state index in [0.717, 1.165) is 23.2 Å². The zero-order valence-corrected chi connectivity index (χ0v) is 11.1. The van der Waals surface area contributed by atoms with Crippen LogP contribution < -0.4 is 4.72 Å². The van der Waals surface area contributed by atoms with E-state index in [9.17, 15) is 8.42 Å². The van der Waals surface area contributed by atoms with Crippen molar-refractivity contribution in [3.8, 4) is 0 Å². The largest absolute Gasteiger partial charge is 0.283 e. The molecule has 16 heavy (non-hydrogen) atoms. The fraction of sp³-hybridized carbons (Fsp3) is 0.500. The Morgan fingerprint density at radius 1 is 1.31 bits per heavy atom. The molecule has 0 atom stereocenters. The molecule has 3 nitrogen and oxygen atoms in total. The maximum Gasteiger partial charge on any atom is 0.235 e. The van der Waals surface area contributed by atoms with E-state index in [-0.39, 0.29) is 0 Å². The first-order chi connectivity index (χ1) is 7.38. The van der Waals surface area contributed by atoms with Gasteiger partial charge < -0.3 is 0 Å². The normalized spacial score (nSPS) is 11.8. The molecule has 0 aromatic heterocycles. The highest BCUT2D eigenvalue weighted by atomic mass is 32.2. The van der Waals surface area contributed by atoms with Gasteiger partial charge in [-0.25, -0.2) is 8.42 Å². The Balaban J connectivity index is 3.15. The van der Waals surface area contributed by atoms with Gasteiger partial charge >= 0.3 is 0 Å².